The van der Waals surface area contributed by atoms with Crippen molar-refractivity contribution in [1.29, 1.82) is 0 Å². The molecule has 0 aliphatic rings. The number of carbonyl (C=O) groups excluding carboxylic acids is 1. The first-order valence-electron chi connectivity index (χ1n) is 7.82. The highest BCUT2D eigenvalue weighted by molar-refractivity contribution is 9.10. The number of hydrogen-bond acceptors (Lipinski definition) is 3. The summed E-state index contributed by atoms with van der Waals surface area (Å²) in [6, 6.07) is 18.3. The minimum atomic E-state index is -0.456. The van der Waals surface area contributed by atoms with Gasteiger partial charge in [0, 0.05) is 15.7 Å². The molecule has 3 aromatic carbocycles. The van der Waals surface area contributed by atoms with Gasteiger partial charge in [0.15, 0.2) is 5.58 Å². The van der Waals surface area contributed by atoms with Crippen LogP contribution in [0.25, 0.3) is 22.6 Å². The Labute approximate surface area is 156 Å². The van der Waals surface area contributed by atoms with E-state index in [0.717, 1.165) is 10.0 Å². The van der Waals surface area contributed by atoms with Crippen molar-refractivity contribution in [3.8, 4) is 11.5 Å². The van der Waals surface area contributed by atoms with Gasteiger partial charge < -0.3 is 9.73 Å². The minimum absolute atomic E-state index is 0.249. The van der Waals surface area contributed by atoms with E-state index >= 15 is 0 Å². The van der Waals surface area contributed by atoms with E-state index in [1.165, 1.54) is 18.2 Å². The largest absolute Gasteiger partial charge is 0.436 e. The van der Waals surface area contributed by atoms with E-state index in [1.807, 2.05) is 24.3 Å². The van der Waals surface area contributed by atoms with Gasteiger partial charge in [-0.2, -0.15) is 0 Å². The van der Waals surface area contributed by atoms with Crippen LogP contribution in [0.4, 0.5) is 10.1 Å². The van der Waals surface area contributed by atoms with Crippen molar-refractivity contribution in [1.82, 2.24) is 4.98 Å². The average molecular weight is 411 g/mol. The van der Waals surface area contributed by atoms with Crippen LogP contribution in [0.5, 0.6) is 0 Å². The molecule has 0 spiro atoms. The minimum Gasteiger partial charge on any atom is -0.436 e. The Kier molecular flexibility index (Phi) is 4.26. The van der Waals surface area contributed by atoms with Crippen molar-refractivity contribution in [2.24, 2.45) is 0 Å². The van der Waals surface area contributed by atoms with Gasteiger partial charge >= 0.3 is 0 Å². The average Bonchev–Trinajstić information content (AvgIpc) is 3.05. The van der Waals surface area contributed by atoms with Crippen molar-refractivity contribution in [2.45, 2.75) is 0 Å². The maximum Gasteiger partial charge on any atom is 0.255 e. The summed E-state index contributed by atoms with van der Waals surface area (Å²) in [6.45, 7) is 0. The Bertz CT molecular complexity index is 1120. The molecule has 0 atom stereocenters. The number of amides is 1. The molecule has 1 N–H and O–H groups in total. The van der Waals surface area contributed by atoms with E-state index in [4.69, 9.17) is 4.42 Å². The highest BCUT2D eigenvalue weighted by atomic mass is 79.9. The molecular weight excluding hydrogens is 399 g/mol. The van der Waals surface area contributed by atoms with Crippen LogP contribution in [0.2, 0.25) is 0 Å². The van der Waals surface area contributed by atoms with E-state index in [0.29, 0.717) is 22.7 Å². The van der Waals surface area contributed by atoms with Crippen molar-refractivity contribution in [3.05, 3.63) is 82.6 Å². The lowest BCUT2D eigenvalue weighted by atomic mass is 10.2. The smallest absolute Gasteiger partial charge is 0.255 e. The lowest BCUT2D eigenvalue weighted by Crippen LogP contribution is -2.11. The van der Waals surface area contributed by atoms with Crippen molar-refractivity contribution < 1.29 is 13.6 Å². The number of carbonyl (C=O) groups is 1. The van der Waals surface area contributed by atoms with E-state index in [9.17, 15) is 9.18 Å². The summed E-state index contributed by atoms with van der Waals surface area (Å²) >= 11 is 3.48. The first-order valence-corrected chi connectivity index (χ1v) is 8.62. The molecule has 0 saturated heterocycles. The molecule has 1 heterocycles. The van der Waals surface area contributed by atoms with Gasteiger partial charge in [0.05, 0.1) is 5.56 Å². The summed E-state index contributed by atoms with van der Waals surface area (Å²) in [4.78, 5) is 16.7. The van der Waals surface area contributed by atoms with Gasteiger partial charge in [-0.1, -0.05) is 18.2 Å². The number of aromatic nitrogens is 1. The van der Waals surface area contributed by atoms with Gasteiger partial charge in [0.1, 0.15) is 11.3 Å². The summed E-state index contributed by atoms with van der Waals surface area (Å²) in [6.07, 6.45) is 0. The number of halogens is 2. The van der Waals surface area contributed by atoms with Gasteiger partial charge in [0.2, 0.25) is 5.89 Å². The summed E-state index contributed by atoms with van der Waals surface area (Å²) in [5.74, 6) is -0.359. The molecule has 6 heteroatoms. The molecule has 4 nitrogen and oxygen atoms in total. The standard InChI is InChI=1S/C20H12BrFN2O2/c21-16-7-2-1-6-15(16)20-24-17-11-14(8-9-18(17)26-20)23-19(25)12-4-3-5-13(22)10-12/h1-11H,(H,23,25). The van der Waals surface area contributed by atoms with Crippen molar-refractivity contribution in [2.75, 3.05) is 5.32 Å². The van der Waals surface area contributed by atoms with Crippen LogP contribution >= 0.6 is 15.9 Å². The highest BCUT2D eigenvalue weighted by Crippen LogP contribution is 2.31. The fourth-order valence-corrected chi connectivity index (χ4v) is 3.04. The molecule has 4 aromatic rings. The number of oxazole rings is 1. The normalized spacial score (nSPS) is 10.8. The molecule has 26 heavy (non-hydrogen) atoms. The lowest BCUT2D eigenvalue weighted by molar-refractivity contribution is 0.102. The number of rotatable bonds is 3. The molecule has 0 aliphatic carbocycles. The second kappa shape index (κ2) is 6.72. The molecule has 0 radical (unpaired) electrons. The fourth-order valence-electron chi connectivity index (χ4n) is 2.59. The molecule has 0 unspecified atom stereocenters. The number of anilines is 1. The zero-order chi connectivity index (χ0) is 18.1. The molecule has 1 amide bonds. The second-order valence-electron chi connectivity index (χ2n) is 5.65. The third-order valence-corrected chi connectivity index (χ3v) is 4.53. The van der Waals surface area contributed by atoms with Crippen LogP contribution in [0, 0.1) is 5.82 Å². The summed E-state index contributed by atoms with van der Waals surface area (Å²) in [5, 5.41) is 2.74. The van der Waals surface area contributed by atoms with Gasteiger partial charge in [-0.25, -0.2) is 9.37 Å². The van der Waals surface area contributed by atoms with Gasteiger partial charge in [-0.05, 0) is 64.5 Å². The van der Waals surface area contributed by atoms with Crippen LogP contribution in [0.3, 0.4) is 0 Å². The zero-order valence-electron chi connectivity index (χ0n) is 13.4. The quantitative estimate of drug-likeness (QED) is 0.474. The van der Waals surface area contributed by atoms with Crippen molar-refractivity contribution >= 4 is 38.6 Å². The molecule has 0 fully saturated rings. The predicted octanol–water partition coefficient (Wildman–Crippen LogP) is 5.65. The summed E-state index contributed by atoms with van der Waals surface area (Å²) in [5.41, 5.74) is 2.87. The van der Waals surface area contributed by atoms with E-state index in [2.05, 4.69) is 26.2 Å². The van der Waals surface area contributed by atoms with E-state index in [-0.39, 0.29) is 5.56 Å². The van der Waals surface area contributed by atoms with Crippen LogP contribution in [-0.2, 0) is 0 Å². The first-order chi connectivity index (χ1) is 12.6. The number of nitrogens with zero attached hydrogens (tertiary/aromatic N) is 1. The Morgan fingerprint density at radius 2 is 1.88 bits per heavy atom. The maximum atomic E-state index is 13.3. The van der Waals surface area contributed by atoms with E-state index < -0.39 is 11.7 Å². The molecular formula is C20H12BrFN2O2. The SMILES string of the molecule is O=C(Nc1ccc2oc(-c3ccccc3Br)nc2c1)c1cccc(F)c1. The molecule has 128 valence electrons. The molecule has 0 saturated carbocycles. The Balaban J connectivity index is 1.64. The summed E-state index contributed by atoms with van der Waals surface area (Å²) in [7, 11) is 0. The Hall–Kier alpha value is -2.99. The van der Waals surface area contributed by atoms with Gasteiger partial charge in [-0.3, -0.25) is 4.79 Å². The van der Waals surface area contributed by atoms with Crippen LogP contribution in [-0.4, -0.2) is 10.9 Å². The van der Waals surface area contributed by atoms with Gasteiger partial charge in [-0.15, -0.1) is 0 Å². The fraction of sp³-hybridized carbons (Fsp3) is 0. The summed E-state index contributed by atoms with van der Waals surface area (Å²) < 4.78 is 19.9. The van der Waals surface area contributed by atoms with Crippen molar-refractivity contribution in [3.63, 3.8) is 0 Å². The molecule has 4 rings (SSSR count). The monoisotopic (exact) mass is 410 g/mol. The second-order valence-corrected chi connectivity index (χ2v) is 6.50. The number of nitrogens with one attached hydrogen (secondary N) is 1. The van der Waals surface area contributed by atoms with Crippen LogP contribution in [0.15, 0.2) is 75.6 Å². The first kappa shape index (κ1) is 16.5. The van der Waals surface area contributed by atoms with Crippen LogP contribution < -0.4 is 5.32 Å². The number of hydrogen-bond donors (Lipinski definition) is 1. The number of fused-ring (bicyclic) bond motifs is 1. The maximum absolute atomic E-state index is 13.3. The zero-order valence-corrected chi connectivity index (χ0v) is 15.0. The Morgan fingerprint density at radius 3 is 2.69 bits per heavy atom. The number of benzene rings is 3. The highest BCUT2D eigenvalue weighted by Gasteiger charge is 2.12. The molecule has 0 bridgehead atoms. The molecule has 1 aromatic heterocycles. The third kappa shape index (κ3) is 3.23. The topological polar surface area (TPSA) is 55.1 Å². The lowest BCUT2D eigenvalue weighted by Gasteiger charge is -2.04. The van der Waals surface area contributed by atoms with Gasteiger partial charge in [0.25, 0.3) is 5.91 Å². The molecule has 0 aliphatic heterocycles. The van der Waals surface area contributed by atoms with E-state index in [1.54, 1.807) is 24.3 Å². The Morgan fingerprint density at radius 1 is 1.04 bits per heavy atom. The van der Waals surface area contributed by atoms with Crippen LogP contribution in [0.1, 0.15) is 10.4 Å². The third-order valence-electron chi connectivity index (χ3n) is 3.84. The predicted molar refractivity (Wildman–Crippen MR) is 101 cm³/mol.